The van der Waals surface area contributed by atoms with Gasteiger partial charge >= 0.3 is 0 Å². The first-order valence-electron chi connectivity index (χ1n) is 7.96. The molecule has 23 heavy (non-hydrogen) atoms. The highest BCUT2D eigenvalue weighted by atomic mass is 16.1. The molecule has 0 radical (unpaired) electrons. The Morgan fingerprint density at radius 3 is 2.22 bits per heavy atom. The van der Waals surface area contributed by atoms with Gasteiger partial charge in [-0.15, -0.1) is 0 Å². The molecule has 0 aliphatic heterocycles. The second-order valence-corrected chi connectivity index (χ2v) is 6.16. The minimum atomic E-state index is -0.658. The van der Waals surface area contributed by atoms with E-state index in [1.54, 1.807) is 0 Å². The van der Waals surface area contributed by atoms with E-state index >= 15 is 0 Å². The third-order valence-corrected chi connectivity index (χ3v) is 4.37. The van der Waals surface area contributed by atoms with Crippen molar-refractivity contribution in [3.8, 4) is 11.1 Å². The van der Waals surface area contributed by atoms with Crippen LogP contribution in [0, 0.1) is 0 Å². The quantitative estimate of drug-likeness (QED) is 0.852. The number of allylic oxidation sites excluding steroid dienone is 2. The Hall–Kier alpha value is -2.45. The molecule has 1 aliphatic rings. The predicted octanol–water partition coefficient (Wildman–Crippen LogP) is 4.37. The Morgan fingerprint density at radius 2 is 1.61 bits per heavy atom. The third kappa shape index (κ3) is 3.85. The first-order chi connectivity index (χ1) is 11.2. The zero-order valence-corrected chi connectivity index (χ0v) is 13.1. The number of carbonyl (C=O) groups excluding carboxylic acids is 1. The maximum atomic E-state index is 10.9. The van der Waals surface area contributed by atoms with Gasteiger partial charge in [-0.1, -0.05) is 78.4 Å². The minimum Gasteiger partial charge on any atom is -0.319 e. The van der Waals surface area contributed by atoms with Crippen LogP contribution in [0.2, 0.25) is 0 Å². The molecular weight excluding hydrogens is 282 g/mol. The van der Waals surface area contributed by atoms with Gasteiger partial charge < -0.3 is 10.5 Å². The summed E-state index contributed by atoms with van der Waals surface area (Å²) in [7, 11) is 0. The van der Waals surface area contributed by atoms with E-state index in [-0.39, 0.29) is 0 Å². The summed E-state index contributed by atoms with van der Waals surface area (Å²) >= 11 is 0. The maximum absolute atomic E-state index is 10.9. The van der Waals surface area contributed by atoms with E-state index in [4.69, 9.17) is 5.73 Å². The van der Waals surface area contributed by atoms with Gasteiger partial charge in [0.1, 0.15) is 6.29 Å². The van der Waals surface area contributed by atoms with Gasteiger partial charge in [-0.3, -0.25) is 0 Å². The van der Waals surface area contributed by atoms with Crippen molar-refractivity contribution >= 4 is 12.4 Å². The van der Waals surface area contributed by atoms with Crippen LogP contribution in [-0.2, 0) is 4.79 Å². The van der Waals surface area contributed by atoms with E-state index in [1.165, 1.54) is 22.3 Å². The molecule has 0 spiro atoms. The van der Waals surface area contributed by atoms with Crippen molar-refractivity contribution in [1.82, 2.24) is 0 Å². The van der Waals surface area contributed by atoms with Crippen LogP contribution in [0.15, 0.2) is 72.3 Å². The molecule has 2 aromatic carbocycles. The second-order valence-electron chi connectivity index (χ2n) is 6.16. The molecule has 2 heteroatoms. The highest BCUT2D eigenvalue weighted by Gasteiger charge is 2.25. The molecule has 2 aromatic rings. The van der Waals surface area contributed by atoms with Crippen LogP contribution in [0.1, 0.15) is 24.8 Å². The molecule has 3 rings (SSSR count). The molecule has 0 saturated heterocycles. The smallest absolute Gasteiger partial charge is 0.140 e. The zero-order valence-electron chi connectivity index (χ0n) is 13.1. The number of aldehydes is 1. The van der Waals surface area contributed by atoms with Crippen molar-refractivity contribution in [1.29, 1.82) is 0 Å². The van der Waals surface area contributed by atoms with E-state index in [0.29, 0.717) is 6.42 Å². The van der Waals surface area contributed by atoms with Gasteiger partial charge in [0.25, 0.3) is 0 Å². The summed E-state index contributed by atoms with van der Waals surface area (Å²) in [4.78, 5) is 10.9. The molecule has 116 valence electrons. The van der Waals surface area contributed by atoms with Crippen molar-refractivity contribution in [2.75, 3.05) is 0 Å². The molecule has 0 bridgehead atoms. The lowest BCUT2D eigenvalue weighted by Gasteiger charge is -2.26. The molecule has 1 atom stereocenters. The molecule has 2 N–H and O–H groups in total. The summed E-state index contributed by atoms with van der Waals surface area (Å²) in [6.07, 6.45) is 9.41. The second kappa shape index (κ2) is 6.76. The lowest BCUT2D eigenvalue weighted by molar-refractivity contribution is -0.112. The van der Waals surface area contributed by atoms with Gasteiger partial charge in [0.05, 0.1) is 5.54 Å². The van der Waals surface area contributed by atoms with E-state index < -0.39 is 5.54 Å². The molecule has 1 aliphatic carbocycles. The SMILES string of the molecule is NC1(C=O)CC=C(/C=C/c2ccc(-c3ccccc3)cc2)CC1. The third-order valence-electron chi connectivity index (χ3n) is 4.37. The molecular formula is C21H21NO. The Kier molecular flexibility index (Phi) is 4.54. The summed E-state index contributed by atoms with van der Waals surface area (Å²) < 4.78 is 0. The van der Waals surface area contributed by atoms with Crippen molar-refractivity contribution in [3.63, 3.8) is 0 Å². The normalized spacial score (nSPS) is 21.2. The van der Waals surface area contributed by atoms with Gasteiger partial charge in [0.2, 0.25) is 0 Å². The Labute approximate surface area is 137 Å². The fraction of sp³-hybridized carbons (Fsp3) is 0.190. The summed E-state index contributed by atoms with van der Waals surface area (Å²) in [6, 6.07) is 18.9. The molecule has 0 saturated carbocycles. The van der Waals surface area contributed by atoms with Gasteiger partial charge in [-0.05, 0) is 36.0 Å². The molecule has 2 nitrogen and oxygen atoms in total. The fourth-order valence-electron chi connectivity index (χ4n) is 2.78. The molecule has 0 amide bonds. The lowest BCUT2D eigenvalue weighted by Crippen LogP contribution is -2.42. The Morgan fingerprint density at radius 1 is 0.913 bits per heavy atom. The van der Waals surface area contributed by atoms with Crippen LogP contribution in [-0.4, -0.2) is 11.8 Å². The maximum Gasteiger partial charge on any atom is 0.140 e. The summed E-state index contributed by atoms with van der Waals surface area (Å²) in [5, 5.41) is 0. The van der Waals surface area contributed by atoms with E-state index in [1.807, 2.05) is 6.07 Å². The van der Waals surface area contributed by atoms with Gasteiger partial charge in [-0.25, -0.2) is 0 Å². The highest BCUT2D eigenvalue weighted by molar-refractivity contribution is 5.67. The van der Waals surface area contributed by atoms with Crippen molar-refractivity contribution in [3.05, 3.63) is 77.9 Å². The topological polar surface area (TPSA) is 43.1 Å². The molecule has 0 aromatic heterocycles. The molecule has 0 heterocycles. The fourth-order valence-corrected chi connectivity index (χ4v) is 2.78. The average molecular weight is 303 g/mol. The molecule has 0 fully saturated rings. The first kappa shape index (κ1) is 15.4. The standard InChI is InChI=1S/C21H21NO/c22-21(16-23)14-12-18(13-15-21)7-6-17-8-10-20(11-9-17)19-4-2-1-3-5-19/h1-12,16H,13-15,22H2/b7-6+. The van der Waals surface area contributed by atoms with Gasteiger partial charge in [-0.2, -0.15) is 0 Å². The first-order valence-corrected chi connectivity index (χ1v) is 7.96. The van der Waals surface area contributed by atoms with Crippen LogP contribution in [0.3, 0.4) is 0 Å². The van der Waals surface area contributed by atoms with Crippen LogP contribution in [0.25, 0.3) is 17.2 Å². The van der Waals surface area contributed by atoms with Gasteiger partial charge in [0, 0.05) is 0 Å². The van der Waals surface area contributed by atoms with Gasteiger partial charge in [0.15, 0.2) is 0 Å². The van der Waals surface area contributed by atoms with Crippen LogP contribution >= 0.6 is 0 Å². The number of nitrogens with two attached hydrogens (primary N) is 1. The van der Waals surface area contributed by atoms with Crippen molar-refractivity contribution in [2.24, 2.45) is 5.73 Å². The summed E-state index contributed by atoms with van der Waals surface area (Å²) in [5.41, 5.74) is 10.2. The van der Waals surface area contributed by atoms with E-state index in [9.17, 15) is 4.79 Å². The summed E-state index contributed by atoms with van der Waals surface area (Å²) in [5.74, 6) is 0. The largest absolute Gasteiger partial charge is 0.319 e. The minimum absolute atomic E-state index is 0.628. The Bertz CT molecular complexity index is 728. The van der Waals surface area contributed by atoms with Crippen molar-refractivity contribution < 1.29 is 4.79 Å². The van der Waals surface area contributed by atoms with Crippen molar-refractivity contribution in [2.45, 2.75) is 24.8 Å². The number of rotatable bonds is 4. The average Bonchev–Trinajstić information content (AvgIpc) is 2.62. The monoisotopic (exact) mass is 303 g/mol. The molecule has 1 unspecified atom stereocenters. The zero-order chi connectivity index (χ0) is 16.1. The Balaban J connectivity index is 1.68. The van der Waals surface area contributed by atoms with Crippen LogP contribution in [0.4, 0.5) is 0 Å². The van der Waals surface area contributed by atoms with E-state index in [2.05, 4.69) is 66.8 Å². The predicted molar refractivity (Wildman–Crippen MR) is 95.8 cm³/mol. The number of hydrogen-bond donors (Lipinski definition) is 1. The van der Waals surface area contributed by atoms with E-state index in [0.717, 1.165) is 19.1 Å². The highest BCUT2D eigenvalue weighted by Crippen LogP contribution is 2.25. The number of hydrogen-bond acceptors (Lipinski definition) is 2. The van der Waals surface area contributed by atoms with Crippen LogP contribution < -0.4 is 5.73 Å². The van der Waals surface area contributed by atoms with Crippen LogP contribution in [0.5, 0.6) is 0 Å². The lowest BCUT2D eigenvalue weighted by atomic mass is 9.84. The number of benzene rings is 2. The number of carbonyl (C=O) groups is 1. The summed E-state index contributed by atoms with van der Waals surface area (Å²) in [6.45, 7) is 0.